The zero-order valence-electron chi connectivity index (χ0n) is 12.5. The molecule has 1 aromatic heterocycles. The van der Waals surface area contributed by atoms with E-state index in [-0.39, 0.29) is 18.3 Å². The van der Waals surface area contributed by atoms with Gasteiger partial charge in [-0.25, -0.2) is 4.98 Å². The van der Waals surface area contributed by atoms with Crippen LogP contribution in [0.25, 0.3) is 10.6 Å². The first-order valence-electron chi connectivity index (χ1n) is 6.86. The molecule has 0 saturated carbocycles. The van der Waals surface area contributed by atoms with Crippen LogP contribution in [0.4, 0.5) is 0 Å². The smallest absolute Gasteiger partial charge is 0.399 e. The standard InChI is InChI=1S/C15H17BClNO2S/c1-14(2)15(3,4)20-16(19-14)12-9-18-13(21-12)10-5-7-11(17)8-6-10/h5-9H,1-4H3. The Hall–Kier alpha value is -0.875. The highest BCUT2D eigenvalue weighted by atomic mass is 35.5. The maximum absolute atomic E-state index is 6.05. The average Bonchev–Trinajstić information content (AvgIpc) is 2.94. The quantitative estimate of drug-likeness (QED) is 0.789. The number of nitrogens with zero attached hydrogens (tertiary/aromatic N) is 1. The van der Waals surface area contributed by atoms with Crippen molar-refractivity contribution in [3.8, 4) is 10.6 Å². The predicted octanol–water partition coefficient (Wildman–Crippen LogP) is 3.76. The summed E-state index contributed by atoms with van der Waals surface area (Å²) >= 11 is 7.50. The van der Waals surface area contributed by atoms with E-state index >= 15 is 0 Å². The summed E-state index contributed by atoms with van der Waals surface area (Å²) < 4.78 is 13.1. The van der Waals surface area contributed by atoms with E-state index in [2.05, 4.69) is 4.98 Å². The normalized spacial score (nSPS) is 20.0. The van der Waals surface area contributed by atoms with Crippen LogP contribution in [0.3, 0.4) is 0 Å². The second kappa shape index (κ2) is 5.09. The lowest BCUT2D eigenvalue weighted by Crippen LogP contribution is -2.41. The maximum Gasteiger partial charge on any atom is 0.507 e. The molecule has 0 bridgehead atoms. The molecule has 3 rings (SSSR count). The number of thiazole rings is 1. The fraction of sp³-hybridized carbons (Fsp3) is 0.400. The molecule has 1 saturated heterocycles. The predicted molar refractivity (Wildman–Crippen MR) is 88.3 cm³/mol. The SMILES string of the molecule is CC1(C)OB(c2cnc(-c3ccc(Cl)cc3)s2)OC1(C)C. The van der Waals surface area contributed by atoms with E-state index in [0.717, 1.165) is 20.4 Å². The molecule has 21 heavy (non-hydrogen) atoms. The Morgan fingerprint density at radius 1 is 1.05 bits per heavy atom. The molecule has 1 aliphatic rings. The minimum Gasteiger partial charge on any atom is -0.399 e. The highest BCUT2D eigenvalue weighted by Crippen LogP contribution is 2.37. The molecule has 3 nitrogen and oxygen atoms in total. The largest absolute Gasteiger partial charge is 0.507 e. The van der Waals surface area contributed by atoms with E-state index < -0.39 is 0 Å². The highest BCUT2D eigenvalue weighted by Gasteiger charge is 2.52. The van der Waals surface area contributed by atoms with Crippen LogP contribution in [0.1, 0.15) is 27.7 Å². The zero-order chi connectivity index (χ0) is 15.3. The van der Waals surface area contributed by atoms with E-state index in [0.29, 0.717) is 0 Å². The van der Waals surface area contributed by atoms with E-state index in [9.17, 15) is 0 Å². The Labute approximate surface area is 134 Å². The molecule has 0 N–H and O–H groups in total. The van der Waals surface area contributed by atoms with Gasteiger partial charge in [0.25, 0.3) is 0 Å². The second-order valence-corrected chi connectivity index (χ2v) is 7.66. The molecule has 110 valence electrons. The van der Waals surface area contributed by atoms with E-state index in [4.69, 9.17) is 20.9 Å². The monoisotopic (exact) mass is 321 g/mol. The van der Waals surface area contributed by atoms with Gasteiger partial charge in [0.05, 0.1) is 16.0 Å². The molecule has 1 fully saturated rings. The summed E-state index contributed by atoms with van der Waals surface area (Å²) in [5.74, 6) is 0. The molecule has 6 heteroatoms. The zero-order valence-corrected chi connectivity index (χ0v) is 14.1. The van der Waals surface area contributed by atoms with Crippen LogP contribution in [0.2, 0.25) is 5.02 Å². The first kappa shape index (κ1) is 15.0. The van der Waals surface area contributed by atoms with Crippen LogP contribution >= 0.6 is 22.9 Å². The summed E-state index contributed by atoms with van der Waals surface area (Å²) in [6.07, 6.45) is 1.83. The van der Waals surface area contributed by atoms with Gasteiger partial charge in [-0.05, 0) is 39.8 Å². The van der Waals surface area contributed by atoms with E-state index in [1.54, 1.807) is 11.3 Å². The second-order valence-electron chi connectivity index (χ2n) is 6.16. The van der Waals surface area contributed by atoms with Crippen LogP contribution in [-0.2, 0) is 9.31 Å². The molecule has 2 heterocycles. The van der Waals surface area contributed by atoms with Crippen LogP contribution in [0.15, 0.2) is 30.5 Å². The lowest BCUT2D eigenvalue weighted by atomic mass is 9.89. The van der Waals surface area contributed by atoms with Crippen LogP contribution < -0.4 is 4.78 Å². The number of rotatable bonds is 2. The molecule has 0 amide bonds. The summed E-state index contributed by atoms with van der Waals surface area (Å²) in [6.45, 7) is 8.20. The Kier molecular flexibility index (Phi) is 3.65. The topological polar surface area (TPSA) is 31.4 Å². The highest BCUT2D eigenvalue weighted by molar-refractivity contribution is 7.24. The minimum absolute atomic E-state index is 0.331. The molecule has 0 aliphatic carbocycles. The van der Waals surface area contributed by atoms with Crippen molar-refractivity contribution in [3.63, 3.8) is 0 Å². The molecule has 0 atom stereocenters. The van der Waals surface area contributed by atoms with E-state index in [1.807, 2.05) is 58.2 Å². The number of halogens is 1. The summed E-state index contributed by atoms with van der Waals surface area (Å²) in [6, 6.07) is 7.67. The van der Waals surface area contributed by atoms with Crippen molar-refractivity contribution < 1.29 is 9.31 Å². The van der Waals surface area contributed by atoms with Gasteiger partial charge in [0.1, 0.15) is 5.01 Å². The first-order chi connectivity index (χ1) is 9.78. The molecular weight excluding hydrogens is 305 g/mol. The van der Waals surface area contributed by atoms with Gasteiger partial charge in [0, 0.05) is 16.8 Å². The third-order valence-corrected chi connectivity index (χ3v) is 5.42. The number of benzene rings is 1. The summed E-state index contributed by atoms with van der Waals surface area (Å²) in [7, 11) is -0.353. The first-order valence-corrected chi connectivity index (χ1v) is 8.05. The minimum atomic E-state index is -0.353. The van der Waals surface area contributed by atoms with Crippen molar-refractivity contribution in [2.75, 3.05) is 0 Å². The number of aromatic nitrogens is 1. The van der Waals surface area contributed by atoms with Crippen molar-refractivity contribution in [2.45, 2.75) is 38.9 Å². The Bertz CT molecular complexity index is 638. The van der Waals surface area contributed by atoms with Gasteiger partial charge in [-0.3, -0.25) is 0 Å². The molecule has 1 aromatic carbocycles. The molecule has 2 aromatic rings. The lowest BCUT2D eigenvalue weighted by molar-refractivity contribution is 0.00578. The third kappa shape index (κ3) is 2.75. The maximum atomic E-state index is 6.05. The van der Waals surface area contributed by atoms with Crippen molar-refractivity contribution in [1.82, 2.24) is 4.98 Å². The van der Waals surface area contributed by atoms with Gasteiger partial charge < -0.3 is 9.31 Å². The summed E-state index contributed by atoms with van der Waals surface area (Å²) in [4.78, 5) is 4.47. The van der Waals surface area contributed by atoms with Crippen LogP contribution in [0.5, 0.6) is 0 Å². The average molecular weight is 322 g/mol. The fourth-order valence-electron chi connectivity index (χ4n) is 2.08. The third-order valence-electron chi connectivity index (χ3n) is 4.10. The fourth-order valence-corrected chi connectivity index (χ4v) is 3.09. The molecular formula is C15H17BClNO2S. The van der Waals surface area contributed by atoms with Gasteiger partial charge in [0.15, 0.2) is 0 Å². The molecule has 0 unspecified atom stereocenters. The van der Waals surface area contributed by atoms with Gasteiger partial charge in [-0.15, -0.1) is 11.3 Å². The van der Waals surface area contributed by atoms with Crippen molar-refractivity contribution in [1.29, 1.82) is 0 Å². The van der Waals surface area contributed by atoms with Gasteiger partial charge in [-0.2, -0.15) is 0 Å². The van der Waals surface area contributed by atoms with Gasteiger partial charge >= 0.3 is 7.12 Å². The van der Waals surface area contributed by atoms with Crippen LogP contribution in [-0.4, -0.2) is 23.3 Å². The van der Waals surface area contributed by atoms with Crippen molar-refractivity contribution >= 4 is 34.8 Å². The summed E-state index contributed by atoms with van der Waals surface area (Å²) in [5.41, 5.74) is 0.386. The summed E-state index contributed by atoms with van der Waals surface area (Å²) in [5, 5.41) is 1.66. The number of hydrogen-bond acceptors (Lipinski definition) is 4. The molecule has 0 radical (unpaired) electrons. The van der Waals surface area contributed by atoms with Crippen LogP contribution in [0, 0.1) is 0 Å². The Balaban J connectivity index is 1.85. The van der Waals surface area contributed by atoms with Crippen molar-refractivity contribution in [2.24, 2.45) is 0 Å². The Morgan fingerprint density at radius 2 is 1.62 bits per heavy atom. The molecule has 1 aliphatic heterocycles. The van der Waals surface area contributed by atoms with E-state index in [1.165, 1.54) is 0 Å². The Morgan fingerprint density at radius 3 is 2.19 bits per heavy atom. The molecule has 0 spiro atoms. The van der Waals surface area contributed by atoms with Gasteiger partial charge in [0.2, 0.25) is 0 Å². The van der Waals surface area contributed by atoms with Gasteiger partial charge in [-0.1, -0.05) is 23.7 Å². The lowest BCUT2D eigenvalue weighted by Gasteiger charge is -2.32. The number of hydrogen-bond donors (Lipinski definition) is 0. The van der Waals surface area contributed by atoms with Crippen molar-refractivity contribution in [3.05, 3.63) is 35.5 Å².